The first-order valence-corrected chi connectivity index (χ1v) is 12.0. The summed E-state index contributed by atoms with van der Waals surface area (Å²) in [5, 5.41) is 2.50. The highest BCUT2D eigenvalue weighted by Gasteiger charge is 2.32. The number of sulfonamides is 1. The van der Waals surface area contributed by atoms with Gasteiger partial charge < -0.3 is 14.8 Å². The van der Waals surface area contributed by atoms with Gasteiger partial charge in [-0.15, -0.1) is 13.2 Å². The Morgan fingerprint density at radius 1 is 1.03 bits per heavy atom. The van der Waals surface area contributed by atoms with Crippen molar-refractivity contribution in [1.82, 2.24) is 9.62 Å². The third kappa shape index (κ3) is 7.04. The van der Waals surface area contributed by atoms with Crippen molar-refractivity contribution >= 4 is 21.9 Å². The molecule has 1 saturated heterocycles. The zero-order valence-electron chi connectivity index (χ0n) is 18.9. The Morgan fingerprint density at radius 3 is 2.14 bits per heavy atom. The highest BCUT2D eigenvalue weighted by molar-refractivity contribution is 7.89. The van der Waals surface area contributed by atoms with Gasteiger partial charge in [0.05, 0.1) is 12.0 Å². The van der Waals surface area contributed by atoms with Gasteiger partial charge in [0, 0.05) is 19.2 Å². The fraction of sp³-hybridized carbons (Fsp3) is 0.304. The van der Waals surface area contributed by atoms with Crippen molar-refractivity contribution in [3.8, 4) is 5.75 Å². The van der Waals surface area contributed by atoms with Crippen LogP contribution in [0.1, 0.15) is 24.4 Å². The molecule has 36 heavy (non-hydrogen) atoms. The predicted molar refractivity (Wildman–Crippen MR) is 119 cm³/mol. The van der Waals surface area contributed by atoms with Gasteiger partial charge in [-0.25, -0.2) is 17.6 Å². The number of benzene rings is 2. The molecule has 1 amide bonds. The molecule has 8 nitrogen and oxygen atoms in total. The summed E-state index contributed by atoms with van der Waals surface area (Å²) < 4.78 is 85.4. The molecular weight excluding hydrogens is 508 g/mol. The Hall–Kier alpha value is -3.45. The monoisotopic (exact) mass is 530 g/mol. The van der Waals surface area contributed by atoms with Gasteiger partial charge in [-0.1, -0.05) is 17.7 Å². The van der Waals surface area contributed by atoms with Crippen molar-refractivity contribution in [2.75, 3.05) is 20.2 Å². The third-order valence-electron chi connectivity index (χ3n) is 5.32. The number of halogens is 4. The standard InChI is InChI=1S/C23H22F4N2O6S/c1-34-22(31)21(16-2-4-17(24)5-3-16)28-20(30)14-15-10-12-29(13-11-15)36(32,33)19-8-6-18(7-9-19)35-23(25,26)27/h2-9,14,21H,10-13H2,1H3,(H,28,30). The van der Waals surface area contributed by atoms with Crippen LogP contribution in [-0.4, -0.2) is 51.2 Å². The molecule has 0 radical (unpaired) electrons. The Morgan fingerprint density at radius 2 is 1.61 bits per heavy atom. The lowest BCUT2D eigenvalue weighted by Crippen LogP contribution is -2.37. The molecule has 0 aliphatic carbocycles. The van der Waals surface area contributed by atoms with Crippen LogP contribution in [0.25, 0.3) is 0 Å². The molecule has 13 heteroatoms. The molecule has 0 spiro atoms. The van der Waals surface area contributed by atoms with Gasteiger partial charge in [-0.3, -0.25) is 4.79 Å². The van der Waals surface area contributed by atoms with E-state index in [-0.39, 0.29) is 30.8 Å². The molecule has 1 aliphatic heterocycles. The van der Waals surface area contributed by atoms with Gasteiger partial charge in [0.1, 0.15) is 11.6 Å². The van der Waals surface area contributed by atoms with Crippen LogP contribution in [0.2, 0.25) is 0 Å². The highest BCUT2D eigenvalue weighted by atomic mass is 32.2. The number of hydrogen-bond acceptors (Lipinski definition) is 6. The van der Waals surface area contributed by atoms with Gasteiger partial charge in [0.2, 0.25) is 15.9 Å². The minimum Gasteiger partial charge on any atom is -0.467 e. The quantitative estimate of drug-likeness (QED) is 0.334. The first kappa shape index (κ1) is 27.1. The van der Waals surface area contributed by atoms with Crippen LogP contribution in [-0.2, 0) is 24.3 Å². The van der Waals surface area contributed by atoms with Gasteiger partial charge in [0.25, 0.3) is 0 Å². The molecule has 1 heterocycles. The summed E-state index contributed by atoms with van der Waals surface area (Å²) in [5.41, 5.74) is 0.957. The van der Waals surface area contributed by atoms with Crippen molar-refractivity contribution in [1.29, 1.82) is 0 Å². The molecule has 194 valence electrons. The lowest BCUT2D eigenvalue weighted by Gasteiger charge is -2.27. The number of methoxy groups -OCH3 is 1. The summed E-state index contributed by atoms with van der Waals surface area (Å²) in [7, 11) is -2.82. The summed E-state index contributed by atoms with van der Waals surface area (Å²) >= 11 is 0. The number of nitrogens with one attached hydrogen (secondary N) is 1. The van der Waals surface area contributed by atoms with Gasteiger partial charge in [0.15, 0.2) is 6.04 Å². The van der Waals surface area contributed by atoms with E-state index in [1.54, 1.807) is 0 Å². The van der Waals surface area contributed by atoms with E-state index in [0.29, 0.717) is 11.1 Å². The van der Waals surface area contributed by atoms with Crippen molar-refractivity contribution < 1.29 is 45.0 Å². The molecule has 1 N–H and O–H groups in total. The van der Waals surface area contributed by atoms with E-state index in [4.69, 9.17) is 4.74 Å². The highest BCUT2D eigenvalue weighted by Crippen LogP contribution is 2.27. The number of carbonyl (C=O) groups is 2. The average molecular weight is 530 g/mol. The molecule has 1 fully saturated rings. The maximum Gasteiger partial charge on any atom is 0.573 e. The minimum atomic E-state index is -4.89. The number of rotatable bonds is 7. The zero-order valence-corrected chi connectivity index (χ0v) is 19.7. The Bertz CT molecular complexity index is 1220. The SMILES string of the molecule is COC(=O)C(NC(=O)C=C1CCN(S(=O)(=O)c2ccc(OC(F)(F)F)cc2)CC1)c1ccc(F)cc1. The van der Waals surface area contributed by atoms with Crippen LogP contribution in [0.3, 0.4) is 0 Å². The summed E-state index contributed by atoms with van der Waals surface area (Å²) in [6.45, 7) is 0.0846. The summed E-state index contributed by atoms with van der Waals surface area (Å²) in [6, 6.07) is 7.69. The maximum atomic E-state index is 13.2. The smallest absolute Gasteiger partial charge is 0.467 e. The lowest BCUT2D eigenvalue weighted by molar-refractivity contribution is -0.274. The minimum absolute atomic E-state index is 0.0423. The van der Waals surface area contributed by atoms with Crippen LogP contribution in [0.15, 0.2) is 65.1 Å². The molecule has 0 saturated carbocycles. The predicted octanol–water partition coefficient (Wildman–Crippen LogP) is 3.47. The number of ether oxygens (including phenoxy) is 2. The van der Waals surface area contributed by atoms with Gasteiger partial charge in [-0.05, 0) is 54.8 Å². The largest absolute Gasteiger partial charge is 0.573 e. The number of hydrogen-bond donors (Lipinski definition) is 1. The lowest BCUT2D eigenvalue weighted by atomic mass is 10.0. The molecule has 0 bridgehead atoms. The average Bonchev–Trinajstić information content (AvgIpc) is 2.82. The number of carbonyl (C=O) groups excluding carboxylic acids is 2. The number of nitrogens with zero attached hydrogens (tertiary/aromatic N) is 1. The third-order valence-corrected chi connectivity index (χ3v) is 7.23. The fourth-order valence-corrected chi connectivity index (χ4v) is 4.98. The molecule has 2 aromatic rings. The van der Waals surface area contributed by atoms with E-state index >= 15 is 0 Å². The molecular formula is C23H22F4N2O6S. The molecule has 0 aromatic heterocycles. The molecule has 3 rings (SSSR count). The second-order valence-corrected chi connectivity index (χ2v) is 9.68. The zero-order chi connectivity index (χ0) is 26.5. The Labute approximate surface area is 204 Å². The number of amides is 1. The molecule has 1 unspecified atom stereocenters. The molecule has 2 aromatic carbocycles. The molecule has 1 aliphatic rings. The first-order valence-electron chi connectivity index (χ1n) is 10.6. The van der Waals surface area contributed by atoms with Crippen LogP contribution >= 0.6 is 0 Å². The van der Waals surface area contributed by atoms with E-state index in [1.807, 2.05) is 0 Å². The second kappa shape index (κ2) is 11.1. The van der Waals surface area contributed by atoms with E-state index in [9.17, 15) is 35.6 Å². The Kier molecular flexibility index (Phi) is 8.35. The number of piperidine rings is 1. The number of esters is 1. The Balaban J connectivity index is 1.63. The van der Waals surface area contributed by atoms with Crippen molar-refractivity contribution in [3.63, 3.8) is 0 Å². The van der Waals surface area contributed by atoms with E-state index in [0.717, 1.165) is 47.8 Å². The fourth-order valence-electron chi connectivity index (χ4n) is 3.54. The summed E-state index contributed by atoms with van der Waals surface area (Å²) in [5.74, 6) is -2.41. The van der Waals surface area contributed by atoms with E-state index in [2.05, 4.69) is 10.1 Å². The maximum absolute atomic E-state index is 13.2. The number of alkyl halides is 3. The molecule has 1 atom stereocenters. The van der Waals surface area contributed by atoms with Crippen molar-refractivity contribution in [3.05, 3.63) is 71.6 Å². The van der Waals surface area contributed by atoms with Crippen LogP contribution in [0, 0.1) is 5.82 Å². The van der Waals surface area contributed by atoms with Gasteiger partial charge in [-0.2, -0.15) is 4.31 Å². The van der Waals surface area contributed by atoms with Crippen LogP contribution in [0.4, 0.5) is 17.6 Å². The summed E-state index contributed by atoms with van der Waals surface area (Å²) in [4.78, 5) is 24.4. The summed E-state index contributed by atoms with van der Waals surface area (Å²) in [6.07, 6.45) is -3.17. The topological polar surface area (TPSA) is 102 Å². The van der Waals surface area contributed by atoms with E-state index in [1.165, 1.54) is 18.2 Å². The van der Waals surface area contributed by atoms with Crippen LogP contribution in [0.5, 0.6) is 5.75 Å². The first-order chi connectivity index (χ1) is 16.9. The second-order valence-electron chi connectivity index (χ2n) is 7.74. The van der Waals surface area contributed by atoms with Crippen LogP contribution < -0.4 is 10.1 Å². The van der Waals surface area contributed by atoms with Crippen molar-refractivity contribution in [2.24, 2.45) is 0 Å². The van der Waals surface area contributed by atoms with Crippen molar-refractivity contribution in [2.45, 2.75) is 30.1 Å². The van der Waals surface area contributed by atoms with E-state index < -0.39 is 45.9 Å². The van der Waals surface area contributed by atoms with Gasteiger partial charge >= 0.3 is 12.3 Å². The normalized spacial score (nSPS) is 15.6.